The molecule has 0 aromatic rings. The van der Waals surface area contributed by atoms with Crippen LogP contribution < -0.4 is 0 Å². The standard InChI is InChI=1S/C11H23NO/c1-4-9(2)7-12-6-5-10(3)11(12)8-13/h9-11,13H,4-8H2,1-3H3. The van der Waals surface area contributed by atoms with Crippen molar-refractivity contribution in [2.75, 3.05) is 19.7 Å². The van der Waals surface area contributed by atoms with Crippen molar-refractivity contribution in [3.8, 4) is 0 Å². The van der Waals surface area contributed by atoms with Crippen molar-refractivity contribution in [1.82, 2.24) is 4.90 Å². The molecule has 13 heavy (non-hydrogen) atoms. The Hall–Kier alpha value is -0.0800. The Morgan fingerprint density at radius 2 is 2.23 bits per heavy atom. The SMILES string of the molecule is CCC(C)CN1CCC(C)C1CO. The molecule has 1 fully saturated rings. The highest BCUT2D eigenvalue weighted by molar-refractivity contribution is 4.84. The minimum atomic E-state index is 0.331. The fourth-order valence-electron chi connectivity index (χ4n) is 2.14. The Kier molecular flexibility index (Phi) is 4.20. The van der Waals surface area contributed by atoms with E-state index in [1.165, 1.54) is 19.4 Å². The zero-order valence-electron chi connectivity index (χ0n) is 9.16. The van der Waals surface area contributed by atoms with Crippen molar-refractivity contribution in [2.24, 2.45) is 11.8 Å². The number of likely N-dealkylation sites (tertiary alicyclic amines) is 1. The van der Waals surface area contributed by atoms with Gasteiger partial charge in [0.15, 0.2) is 0 Å². The van der Waals surface area contributed by atoms with E-state index in [9.17, 15) is 5.11 Å². The minimum Gasteiger partial charge on any atom is -0.395 e. The Bertz CT molecular complexity index is 149. The number of hydrogen-bond acceptors (Lipinski definition) is 2. The summed E-state index contributed by atoms with van der Waals surface area (Å²) < 4.78 is 0. The predicted molar refractivity (Wildman–Crippen MR) is 55.7 cm³/mol. The third-order valence-corrected chi connectivity index (χ3v) is 3.43. The molecule has 2 heteroatoms. The number of rotatable bonds is 4. The number of aliphatic hydroxyl groups excluding tert-OH is 1. The smallest absolute Gasteiger partial charge is 0.0589 e. The highest BCUT2D eigenvalue weighted by atomic mass is 16.3. The number of hydrogen-bond donors (Lipinski definition) is 1. The summed E-state index contributed by atoms with van der Waals surface area (Å²) in [5, 5.41) is 9.25. The van der Waals surface area contributed by atoms with E-state index in [-0.39, 0.29) is 0 Å². The van der Waals surface area contributed by atoms with Crippen LogP contribution in [0, 0.1) is 11.8 Å². The van der Waals surface area contributed by atoms with Gasteiger partial charge in [0.05, 0.1) is 6.61 Å². The molecule has 1 heterocycles. The zero-order chi connectivity index (χ0) is 9.84. The summed E-state index contributed by atoms with van der Waals surface area (Å²) >= 11 is 0. The Morgan fingerprint density at radius 3 is 2.77 bits per heavy atom. The first-order valence-electron chi connectivity index (χ1n) is 5.54. The lowest BCUT2D eigenvalue weighted by atomic mass is 10.0. The molecule has 0 aromatic carbocycles. The van der Waals surface area contributed by atoms with E-state index >= 15 is 0 Å². The summed E-state index contributed by atoms with van der Waals surface area (Å²) in [6, 6.07) is 0.425. The second-order valence-corrected chi connectivity index (χ2v) is 4.52. The van der Waals surface area contributed by atoms with E-state index in [1.54, 1.807) is 0 Å². The second-order valence-electron chi connectivity index (χ2n) is 4.52. The van der Waals surface area contributed by atoms with E-state index < -0.39 is 0 Å². The highest BCUT2D eigenvalue weighted by Gasteiger charge is 2.30. The molecule has 0 aromatic heterocycles. The van der Waals surface area contributed by atoms with Crippen LogP contribution in [0.5, 0.6) is 0 Å². The molecule has 1 aliphatic rings. The Morgan fingerprint density at radius 1 is 1.54 bits per heavy atom. The van der Waals surface area contributed by atoms with E-state index in [4.69, 9.17) is 0 Å². The molecule has 0 aliphatic carbocycles. The Balaban J connectivity index is 2.41. The van der Waals surface area contributed by atoms with Crippen molar-refractivity contribution >= 4 is 0 Å². The fraction of sp³-hybridized carbons (Fsp3) is 1.00. The van der Waals surface area contributed by atoms with Crippen LogP contribution in [0.15, 0.2) is 0 Å². The van der Waals surface area contributed by atoms with Gasteiger partial charge in [0.25, 0.3) is 0 Å². The van der Waals surface area contributed by atoms with Crippen molar-refractivity contribution < 1.29 is 5.11 Å². The lowest BCUT2D eigenvalue weighted by Crippen LogP contribution is -2.37. The molecule has 0 bridgehead atoms. The average Bonchev–Trinajstić information content (AvgIpc) is 2.46. The van der Waals surface area contributed by atoms with Gasteiger partial charge in [0.1, 0.15) is 0 Å². The summed E-state index contributed by atoms with van der Waals surface area (Å²) in [5.74, 6) is 1.44. The molecule has 3 unspecified atom stereocenters. The lowest BCUT2D eigenvalue weighted by molar-refractivity contribution is 0.126. The molecule has 2 nitrogen and oxygen atoms in total. The van der Waals surface area contributed by atoms with E-state index in [0.29, 0.717) is 18.6 Å². The summed E-state index contributed by atoms with van der Waals surface area (Å²) in [6.45, 7) is 9.44. The summed E-state index contributed by atoms with van der Waals surface area (Å²) in [7, 11) is 0. The molecular weight excluding hydrogens is 162 g/mol. The van der Waals surface area contributed by atoms with Crippen LogP contribution in [0.25, 0.3) is 0 Å². The van der Waals surface area contributed by atoms with E-state index in [0.717, 1.165) is 12.5 Å². The summed E-state index contributed by atoms with van der Waals surface area (Å²) in [4.78, 5) is 2.46. The van der Waals surface area contributed by atoms with Gasteiger partial charge in [0, 0.05) is 12.6 Å². The van der Waals surface area contributed by atoms with Crippen LogP contribution in [-0.4, -0.2) is 35.7 Å². The van der Waals surface area contributed by atoms with Gasteiger partial charge in [-0.15, -0.1) is 0 Å². The quantitative estimate of drug-likeness (QED) is 0.721. The lowest BCUT2D eigenvalue weighted by Gasteiger charge is -2.27. The molecular formula is C11H23NO. The fourth-order valence-corrected chi connectivity index (χ4v) is 2.14. The van der Waals surface area contributed by atoms with E-state index in [2.05, 4.69) is 25.7 Å². The molecule has 0 amide bonds. The van der Waals surface area contributed by atoms with Crippen LogP contribution in [0.4, 0.5) is 0 Å². The topological polar surface area (TPSA) is 23.5 Å². The van der Waals surface area contributed by atoms with Gasteiger partial charge in [-0.3, -0.25) is 4.90 Å². The number of aliphatic hydroxyl groups is 1. The van der Waals surface area contributed by atoms with Gasteiger partial charge in [-0.1, -0.05) is 27.2 Å². The second kappa shape index (κ2) is 4.97. The molecule has 3 atom stereocenters. The molecule has 78 valence electrons. The first-order chi connectivity index (χ1) is 6.19. The predicted octanol–water partition coefficient (Wildman–Crippen LogP) is 1.74. The van der Waals surface area contributed by atoms with E-state index in [1.807, 2.05) is 0 Å². The van der Waals surface area contributed by atoms with Gasteiger partial charge in [-0.05, 0) is 24.8 Å². The average molecular weight is 185 g/mol. The maximum Gasteiger partial charge on any atom is 0.0589 e. The van der Waals surface area contributed by atoms with Crippen molar-refractivity contribution in [3.05, 3.63) is 0 Å². The van der Waals surface area contributed by atoms with Crippen molar-refractivity contribution in [2.45, 2.75) is 39.7 Å². The first-order valence-corrected chi connectivity index (χ1v) is 5.54. The molecule has 1 rings (SSSR count). The minimum absolute atomic E-state index is 0.331. The largest absolute Gasteiger partial charge is 0.395 e. The number of nitrogens with zero attached hydrogens (tertiary/aromatic N) is 1. The van der Waals surface area contributed by atoms with Crippen LogP contribution >= 0.6 is 0 Å². The molecule has 1 aliphatic heterocycles. The third-order valence-electron chi connectivity index (χ3n) is 3.43. The first kappa shape index (κ1) is 11.0. The van der Waals surface area contributed by atoms with Gasteiger partial charge in [0.2, 0.25) is 0 Å². The normalized spacial score (nSPS) is 32.3. The molecule has 0 radical (unpaired) electrons. The maximum atomic E-state index is 9.25. The summed E-state index contributed by atoms with van der Waals surface area (Å²) in [5.41, 5.74) is 0. The maximum absolute atomic E-state index is 9.25. The van der Waals surface area contributed by atoms with Crippen molar-refractivity contribution in [3.63, 3.8) is 0 Å². The molecule has 1 saturated heterocycles. The highest BCUT2D eigenvalue weighted by Crippen LogP contribution is 2.24. The van der Waals surface area contributed by atoms with Gasteiger partial charge < -0.3 is 5.11 Å². The summed E-state index contributed by atoms with van der Waals surface area (Å²) in [6.07, 6.45) is 2.49. The molecule has 0 saturated carbocycles. The van der Waals surface area contributed by atoms with Crippen LogP contribution in [0.2, 0.25) is 0 Å². The van der Waals surface area contributed by atoms with Crippen molar-refractivity contribution in [1.29, 1.82) is 0 Å². The monoisotopic (exact) mass is 185 g/mol. The zero-order valence-corrected chi connectivity index (χ0v) is 9.16. The molecule has 0 spiro atoms. The van der Waals surface area contributed by atoms with Gasteiger partial charge in [-0.2, -0.15) is 0 Å². The molecule has 1 N–H and O–H groups in total. The third kappa shape index (κ3) is 2.68. The van der Waals surface area contributed by atoms with Gasteiger partial charge in [-0.25, -0.2) is 0 Å². The van der Waals surface area contributed by atoms with Crippen LogP contribution in [-0.2, 0) is 0 Å². The Labute approximate surface area is 81.9 Å². The van der Waals surface area contributed by atoms with Crippen LogP contribution in [0.3, 0.4) is 0 Å². The van der Waals surface area contributed by atoms with Crippen LogP contribution in [0.1, 0.15) is 33.6 Å². The van der Waals surface area contributed by atoms with Gasteiger partial charge >= 0.3 is 0 Å².